The van der Waals surface area contributed by atoms with Gasteiger partial charge >= 0.3 is 0 Å². The van der Waals surface area contributed by atoms with Gasteiger partial charge in [-0.1, -0.05) is 128 Å². The van der Waals surface area contributed by atoms with Crippen LogP contribution in [0, 0.1) is 0 Å². The van der Waals surface area contributed by atoms with E-state index in [0.717, 1.165) is 6.61 Å². The summed E-state index contributed by atoms with van der Waals surface area (Å²) in [7, 11) is 0. The Morgan fingerprint density at radius 2 is 0.750 bits per heavy atom. The molecule has 1 aliphatic carbocycles. The van der Waals surface area contributed by atoms with E-state index in [1.165, 1.54) is 167 Å². The highest BCUT2D eigenvalue weighted by Gasteiger charge is 2.08. The van der Waals surface area contributed by atoms with E-state index < -0.39 is 0 Å². The molecule has 0 aromatic heterocycles. The molecule has 0 spiro atoms. The lowest BCUT2D eigenvalue weighted by Crippen LogP contribution is -1.97. The first-order valence-electron chi connectivity index (χ1n) is 15.0. The lowest BCUT2D eigenvalue weighted by atomic mass is 9.93. The predicted molar refractivity (Wildman–Crippen MR) is 142 cm³/mol. The molecule has 1 heteroatoms. The maximum atomic E-state index is 6.14. The van der Waals surface area contributed by atoms with E-state index >= 15 is 0 Å². The second kappa shape index (κ2) is 20.9. The molecule has 0 saturated carbocycles. The average molecular weight is 445 g/mol. The smallest absolute Gasteiger partial charge is 0.0873 e. The summed E-state index contributed by atoms with van der Waals surface area (Å²) in [6, 6.07) is 0. The Bertz CT molecular complexity index is 431. The van der Waals surface area contributed by atoms with Crippen LogP contribution in [-0.2, 0) is 4.74 Å². The molecule has 0 fully saturated rings. The van der Waals surface area contributed by atoms with Gasteiger partial charge in [0.2, 0.25) is 0 Å². The van der Waals surface area contributed by atoms with Crippen molar-refractivity contribution in [3.05, 3.63) is 23.5 Å². The van der Waals surface area contributed by atoms with Crippen LogP contribution in [0.25, 0.3) is 0 Å². The van der Waals surface area contributed by atoms with Crippen LogP contribution in [0.4, 0.5) is 0 Å². The van der Waals surface area contributed by atoms with Crippen LogP contribution < -0.4 is 0 Å². The first-order valence-corrected chi connectivity index (χ1v) is 15.0. The minimum Gasteiger partial charge on any atom is -0.501 e. The molecule has 0 N–H and O–H groups in total. The molecule has 1 aliphatic heterocycles. The Labute approximate surface area is 201 Å². The Kier molecular flexibility index (Phi) is 17.9. The number of allylic oxidation sites excluding steroid dienone is 3. The molecule has 0 aromatic rings. The van der Waals surface area contributed by atoms with Crippen LogP contribution in [-0.4, -0.2) is 6.61 Å². The van der Waals surface area contributed by atoms with E-state index in [4.69, 9.17) is 4.74 Å². The first kappa shape index (κ1) is 27.5. The van der Waals surface area contributed by atoms with Crippen molar-refractivity contribution in [2.75, 3.05) is 6.61 Å². The Hall–Kier alpha value is -0.720. The molecular weight excluding hydrogens is 388 g/mol. The highest BCUT2D eigenvalue weighted by Crippen LogP contribution is 2.26. The summed E-state index contributed by atoms with van der Waals surface area (Å²) in [5.74, 6) is 0. The summed E-state index contributed by atoms with van der Waals surface area (Å²) in [5, 5.41) is 0. The van der Waals surface area contributed by atoms with Crippen LogP contribution in [0.5, 0.6) is 0 Å². The van der Waals surface area contributed by atoms with E-state index in [9.17, 15) is 0 Å². The van der Waals surface area contributed by atoms with E-state index in [2.05, 4.69) is 12.3 Å². The zero-order valence-corrected chi connectivity index (χ0v) is 21.7. The fourth-order valence-corrected chi connectivity index (χ4v) is 5.44. The fraction of sp³-hybridized carbons (Fsp3) is 0.871. The first-order chi connectivity index (χ1) is 16.0. The third kappa shape index (κ3) is 15.2. The fourth-order valence-electron chi connectivity index (χ4n) is 5.44. The number of hydrogen-bond acceptors (Lipinski definition) is 1. The summed E-state index contributed by atoms with van der Waals surface area (Å²) < 4.78 is 6.14. The molecule has 0 bridgehead atoms. The molecule has 2 aliphatic rings. The van der Waals surface area contributed by atoms with Crippen molar-refractivity contribution in [3.63, 3.8) is 0 Å². The van der Waals surface area contributed by atoms with E-state index in [1.807, 2.05) is 0 Å². The normalized spacial score (nSPS) is 24.0. The van der Waals surface area contributed by atoms with Crippen molar-refractivity contribution >= 4 is 0 Å². The third-order valence-electron chi connectivity index (χ3n) is 7.64. The zero-order valence-electron chi connectivity index (χ0n) is 21.7. The maximum Gasteiger partial charge on any atom is 0.0873 e. The highest BCUT2D eigenvalue weighted by atomic mass is 16.5. The van der Waals surface area contributed by atoms with E-state index in [-0.39, 0.29) is 0 Å². The van der Waals surface area contributed by atoms with Crippen LogP contribution >= 0.6 is 0 Å². The molecule has 1 heterocycles. The second-order valence-corrected chi connectivity index (χ2v) is 10.7. The predicted octanol–water partition coefficient (Wildman–Crippen LogP) is 11.0. The molecule has 0 radical (unpaired) electrons. The monoisotopic (exact) mass is 444 g/mol. The summed E-state index contributed by atoms with van der Waals surface area (Å²) in [4.78, 5) is 0. The summed E-state index contributed by atoms with van der Waals surface area (Å²) >= 11 is 0. The summed E-state index contributed by atoms with van der Waals surface area (Å²) in [6.07, 6.45) is 41.1. The third-order valence-corrected chi connectivity index (χ3v) is 7.64. The van der Waals surface area contributed by atoms with Crippen molar-refractivity contribution in [1.82, 2.24) is 0 Å². The van der Waals surface area contributed by atoms with E-state index in [1.54, 1.807) is 11.1 Å². The van der Waals surface area contributed by atoms with Crippen molar-refractivity contribution in [1.29, 1.82) is 0 Å². The molecule has 0 atom stereocenters. The van der Waals surface area contributed by atoms with Crippen LogP contribution in [0.3, 0.4) is 0 Å². The molecule has 0 saturated heterocycles. The molecule has 186 valence electrons. The van der Waals surface area contributed by atoms with Crippen molar-refractivity contribution < 1.29 is 4.74 Å². The van der Waals surface area contributed by atoms with Crippen LogP contribution in [0.1, 0.15) is 167 Å². The minimum atomic E-state index is 0.913. The van der Waals surface area contributed by atoms with E-state index in [0.29, 0.717) is 0 Å². The van der Waals surface area contributed by atoms with Gasteiger partial charge in [0.05, 0.1) is 12.9 Å². The van der Waals surface area contributed by atoms with Gasteiger partial charge < -0.3 is 4.74 Å². The molecule has 0 unspecified atom stereocenters. The molecular formula is C31H56O. The topological polar surface area (TPSA) is 9.23 Å². The standard InChI is InChI=1S/C31H56O/c1-2-5-9-13-17-21-25-30(26-22-18-14-10-6-3-1)31-27-23-19-15-11-7-4-8-12-16-20-24-28-32-29-31/h25,29H,1-24,26-28H2. The van der Waals surface area contributed by atoms with Gasteiger partial charge in [0.25, 0.3) is 0 Å². The Balaban J connectivity index is 1.93. The lowest BCUT2D eigenvalue weighted by Gasteiger charge is -2.15. The molecule has 1 nitrogen and oxygen atoms in total. The maximum absolute atomic E-state index is 6.14. The minimum absolute atomic E-state index is 0.913. The van der Waals surface area contributed by atoms with Gasteiger partial charge in [0, 0.05) is 0 Å². The highest BCUT2D eigenvalue weighted by molar-refractivity contribution is 5.29. The van der Waals surface area contributed by atoms with Gasteiger partial charge in [0.15, 0.2) is 0 Å². The zero-order chi connectivity index (χ0) is 22.4. The largest absolute Gasteiger partial charge is 0.501 e. The Morgan fingerprint density at radius 3 is 1.25 bits per heavy atom. The van der Waals surface area contributed by atoms with Crippen LogP contribution in [0.2, 0.25) is 0 Å². The van der Waals surface area contributed by atoms with Gasteiger partial charge in [-0.15, -0.1) is 0 Å². The summed E-state index contributed by atoms with van der Waals surface area (Å²) in [5.41, 5.74) is 3.18. The average Bonchev–Trinajstić information content (AvgIpc) is 2.79. The van der Waals surface area contributed by atoms with Gasteiger partial charge in [-0.3, -0.25) is 0 Å². The molecule has 0 amide bonds. The van der Waals surface area contributed by atoms with Gasteiger partial charge in [0.1, 0.15) is 0 Å². The lowest BCUT2D eigenvalue weighted by molar-refractivity contribution is 0.237. The van der Waals surface area contributed by atoms with Gasteiger partial charge in [-0.05, 0) is 56.1 Å². The van der Waals surface area contributed by atoms with Crippen molar-refractivity contribution in [3.8, 4) is 0 Å². The number of ether oxygens (including phenoxy) is 1. The molecule has 2 rings (SSSR count). The van der Waals surface area contributed by atoms with Crippen molar-refractivity contribution in [2.24, 2.45) is 0 Å². The quantitative estimate of drug-likeness (QED) is 0.390. The van der Waals surface area contributed by atoms with Gasteiger partial charge in [-0.25, -0.2) is 0 Å². The second-order valence-electron chi connectivity index (χ2n) is 10.7. The number of hydrogen-bond donors (Lipinski definition) is 0. The SMILES string of the molecule is C1=C(C2=COCCCCCCCCCCCCC2)CCCCCCCCCCCCCC1. The molecule has 32 heavy (non-hydrogen) atoms. The van der Waals surface area contributed by atoms with Crippen LogP contribution in [0.15, 0.2) is 23.5 Å². The number of rotatable bonds is 1. The summed E-state index contributed by atoms with van der Waals surface area (Å²) in [6.45, 7) is 0.913. The van der Waals surface area contributed by atoms with Gasteiger partial charge in [-0.2, -0.15) is 0 Å². The molecule has 0 aromatic carbocycles. The Morgan fingerprint density at radius 1 is 0.375 bits per heavy atom. The van der Waals surface area contributed by atoms with Crippen molar-refractivity contribution in [2.45, 2.75) is 167 Å².